The first kappa shape index (κ1) is 10.6. The molecule has 2 rings (SSSR count). The first-order valence-corrected chi connectivity index (χ1v) is 5.73. The molecule has 0 aliphatic rings. The molecule has 3 nitrogen and oxygen atoms in total. The Hall–Kier alpha value is -0.910. The lowest BCUT2D eigenvalue weighted by atomic mass is 9.85. The van der Waals surface area contributed by atoms with Crippen LogP contribution in [0, 0.1) is 3.90 Å². The minimum atomic E-state index is -0.238. The highest BCUT2D eigenvalue weighted by molar-refractivity contribution is 14.1. The second-order valence-corrected chi connectivity index (χ2v) is 4.77. The van der Waals surface area contributed by atoms with E-state index >= 15 is 0 Å². The summed E-state index contributed by atoms with van der Waals surface area (Å²) in [5, 5.41) is 7.92. The third-order valence-electron chi connectivity index (χ3n) is 2.43. The summed E-state index contributed by atoms with van der Waals surface area (Å²) in [6, 6.07) is 10.2. The van der Waals surface area contributed by atoms with E-state index in [0.29, 0.717) is 9.79 Å². The fourth-order valence-electron chi connectivity index (χ4n) is 1.44. The van der Waals surface area contributed by atoms with Crippen LogP contribution in [0.15, 0.2) is 34.7 Å². The zero-order valence-corrected chi connectivity index (χ0v) is 10.7. The molecule has 0 unspecified atom stereocenters. The third-order valence-corrected chi connectivity index (χ3v) is 2.87. The molecular formula is C11H11IN2O. The third kappa shape index (κ3) is 2.04. The second-order valence-electron chi connectivity index (χ2n) is 3.85. The van der Waals surface area contributed by atoms with Crippen LogP contribution >= 0.6 is 22.6 Å². The maximum atomic E-state index is 5.47. The molecule has 1 heterocycles. The zero-order chi connectivity index (χ0) is 10.9. The van der Waals surface area contributed by atoms with Gasteiger partial charge < -0.3 is 4.42 Å². The monoisotopic (exact) mass is 314 g/mol. The number of aromatic nitrogens is 2. The first-order valence-electron chi connectivity index (χ1n) is 4.66. The topological polar surface area (TPSA) is 38.9 Å². The normalized spacial score (nSPS) is 11.7. The summed E-state index contributed by atoms with van der Waals surface area (Å²) < 4.78 is 6.04. The number of rotatable bonds is 2. The first-order chi connectivity index (χ1) is 7.10. The standard InChI is InChI=1S/C11H11IN2O/c1-11(2,8-6-4-3-5-7-8)9-13-14-10(12)15-9/h3-7H,1-2H3. The average Bonchev–Trinajstić information content (AvgIpc) is 2.67. The molecule has 0 saturated carbocycles. The van der Waals surface area contributed by atoms with Crippen molar-refractivity contribution >= 4 is 22.6 Å². The molecule has 0 radical (unpaired) electrons. The van der Waals surface area contributed by atoms with Crippen LogP contribution in [-0.4, -0.2) is 10.2 Å². The van der Waals surface area contributed by atoms with E-state index in [4.69, 9.17) is 4.42 Å². The number of benzene rings is 1. The predicted molar refractivity (Wildman–Crippen MR) is 65.6 cm³/mol. The molecule has 0 bridgehead atoms. The minimum absolute atomic E-state index is 0.238. The van der Waals surface area contributed by atoms with Crippen molar-refractivity contribution < 1.29 is 4.42 Å². The van der Waals surface area contributed by atoms with Crippen LogP contribution in [0.1, 0.15) is 25.3 Å². The fraction of sp³-hybridized carbons (Fsp3) is 0.273. The molecule has 0 aliphatic heterocycles. The summed E-state index contributed by atoms with van der Waals surface area (Å²) in [4.78, 5) is 0. The van der Waals surface area contributed by atoms with Gasteiger partial charge in [0.25, 0.3) is 3.90 Å². The molecule has 0 spiro atoms. The van der Waals surface area contributed by atoms with Crippen LogP contribution in [0.4, 0.5) is 0 Å². The van der Waals surface area contributed by atoms with Crippen molar-refractivity contribution in [3.05, 3.63) is 45.7 Å². The Morgan fingerprint density at radius 1 is 1.13 bits per heavy atom. The van der Waals surface area contributed by atoms with Gasteiger partial charge in [0.15, 0.2) is 0 Å². The number of nitrogens with zero attached hydrogens (tertiary/aromatic N) is 2. The van der Waals surface area contributed by atoms with Crippen molar-refractivity contribution in [2.45, 2.75) is 19.3 Å². The zero-order valence-electron chi connectivity index (χ0n) is 8.57. The van der Waals surface area contributed by atoms with Crippen LogP contribution < -0.4 is 0 Å². The molecule has 1 aromatic carbocycles. The van der Waals surface area contributed by atoms with E-state index < -0.39 is 0 Å². The van der Waals surface area contributed by atoms with Crippen molar-refractivity contribution in [3.63, 3.8) is 0 Å². The molecular weight excluding hydrogens is 303 g/mol. The summed E-state index contributed by atoms with van der Waals surface area (Å²) in [5.41, 5.74) is 0.933. The number of halogens is 1. The Kier molecular flexibility index (Phi) is 2.77. The lowest BCUT2D eigenvalue weighted by Crippen LogP contribution is -2.19. The number of hydrogen-bond donors (Lipinski definition) is 0. The SMILES string of the molecule is CC(C)(c1ccccc1)c1nnc(I)o1. The molecule has 0 saturated heterocycles. The van der Waals surface area contributed by atoms with Gasteiger partial charge in [-0.25, -0.2) is 0 Å². The average molecular weight is 314 g/mol. The van der Waals surface area contributed by atoms with Crippen molar-refractivity contribution in [2.24, 2.45) is 0 Å². The van der Waals surface area contributed by atoms with Gasteiger partial charge in [0.1, 0.15) is 0 Å². The van der Waals surface area contributed by atoms with E-state index in [9.17, 15) is 0 Å². The molecule has 15 heavy (non-hydrogen) atoms. The molecule has 0 fully saturated rings. The Bertz CT molecular complexity index is 451. The molecule has 0 N–H and O–H groups in total. The van der Waals surface area contributed by atoms with Crippen LogP contribution in [-0.2, 0) is 5.41 Å². The lowest BCUT2D eigenvalue weighted by molar-refractivity contribution is 0.398. The lowest BCUT2D eigenvalue weighted by Gasteiger charge is -2.20. The van der Waals surface area contributed by atoms with E-state index in [0.717, 1.165) is 0 Å². The Balaban J connectivity index is 2.43. The van der Waals surface area contributed by atoms with E-state index in [1.807, 2.05) is 40.8 Å². The van der Waals surface area contributed by atoms with E-state index in [-0.39, 0.29) is 5.41 Å². The molecule has 78 valence electrons. The van der Waals surface area contributed by atoms with Crippen molar-refractivity contribution in [3.8, 4) is 0 Å². The minimum Gasteiger partial charge on any atom is -0.415 e. The Morgan fingerprint density at radius 3 is 2.33 bits per heavy atom. The van der Waals surface area contributed by atoms with E-state index in [1.54, 1.807) is 0 Å². The molecule has 2 aromatic rings. The van der Waals surface area contributed by atoms with Crippen LogP contribution in [0.25, 0.3) is 0 Å². The highest BCUT2D eigenvalue weighted by Gasteiger charge is 2.28. The van der Waals surface area contributed by atoms with Crippen molar-refractivity contribution in [2.75, 3.05) is 0 Å². The molecule has 0 amide bonds. The van der Waals surface area contributed by atoms with Gasteiger partial charge in [-0.3, -0.25) is 0 Å². The Labute approximate surface area is 102 Å². The van der Waals surface area contributed by atoms with Crippen LogP contribution in [0.2, 0.25) is 0 Å². The van der Waals surface area contributed by atoms with Crippen molar-refractivity contribution in [1.82, 2.24) is 10.2 Å². The van der Waals surface area contributed by atoms with Crippen LogP contribution in [0.3, 0.4) is 0 Å². The second kappa shape index (κ2) is 3.92. The van der Waals surface area contributed by atoms with Gasteiger partial charge in [-0.15, -0.1) is 10.2 Å². The van der Waals surface area contributed by atoms with Crippen LogP contribution in [0.5, 0.6) is 0 Å². The quantitative estimate of drug-likeness (QED) is 0.800. The van der Waals surface area contributed by atoms with E-state index in [1.165, 1.54) is 5.56 Å². The predicted octanol–water partition coefficient (Wildman–Crippen LogP) is 3.00. The van der Waals surface area contributed by atoms with Crippen molar-refractivity contribution in [1.29, 1.82) is 0 Å². The van der Waals surface area contributed by atoms with E-state index in [2.05, 4.69) is 36.2 Å². The largest absolute Gasteiger partial charge is 0.415 e. The smallest absolute Gasteiger partial charge is 0.278 e. The van der Waals surface area contributed by atoms with Gasteiger partial charge in [0, 0.05) is 22.6 Å². The molecule has 0 aliphatic carbocycles. The van der Waals surface area contributed by atoms with Gasteiger partial charge in [-0.2, -0.15) is 0 Å². The summed E-state index contributed by atoms with van der Waals surface area (Å²) in [5.74, 6) is 0.651. The molecule has 0 atom stereocenters. The molecule has 4 heteroatoms. The highest BCUT2D eigenvalue weighted by Crippen LogP contribution is 2.30. The maximum Gasteiger partial charge on any atom is 0.278 e. The van der Waals surface area contributed by atoms with Gasteiger partial charge in [-0.05, 0) is 19.4 Å². The molecule has 1 aromatic heterocycles. The van der Waals surface area contributed by atoms with Gasteiger partial charge >= 0.3 is 0 Å². The van der Waals surface area contributed by atoms with Gasteiger partial charge in [-0.1, -0.05) is 30.3 Å². The highest BCUT2D eigenvalue weighted by atomic mass is 127. The summed E-state index contributed by atoms with van der Waals surface area (Å²) >= 11 is 2.02. The fourth-order valence-corrected chi connectivity index (χ4v) is 1.75. The summed E-state index contributed by atoms with van der Waals surface area (Å²) in [6.45, 7) is 4.15. The Morgan fingerprint density at radius 2 is 1.80 bits per heavy atom. The van der Waals surface area contributed by atoms with Gasteiger partial charge in [0.05, 0.1) is 5.41 Å². The number of hydrogen-bond acceptors (Lipinski definition) is 3. The summed E-state index contributed by atoms with van der Waals surface area (Å²) in [6.07, 6.45) is 0. The summed E-state index contributed by atoms with van der Waals surface area (Å²) in [7, 11) is 0. The maximum absolute atomic E-state index is 5.47. The van der Waals surface area contributed by atoms with Gasteiger partial charge in [0.2, 0.25) is 5.89 Å².